The SMILES string of the molecule is O=C(O)CC(F)(F)CN1CCSCC1. The summed E-state index contributed by atoms with van der Waals surface area (Å²) in [6.07, 6.45) is -1.07. The summed E-state index contributed by atoms with van der Waals surface area (Å²) in [4.78, 5) is 11.8. The lowest BCUT2D eigenvalue weighted by Crippen LogP contribution is -2.42. The van der Waals surface area contributed by atoms with Crippen LogP contribution in [0.4, 0.5) is 8.78 Å². The number of nitrogens with zero attached hydrogens (tertiary/aromatic N) is 1. The first-order chi connectivity index (χ1) is 6.49. The van der Waals surface area contributed by atoms with Crippen LogP contribution in [0.1, 0.15) is 6.42 Å². The van der Waals surface area contributed by atoms with Gasteiger partial charge in [-0.3, -0.25) is 9.69 Å². The quantitative estimate of drug-likeness (QED) is 0.779. The van der Waals surface area contributed by atoms with Crippen LogP contribution in [0.3, 0.4) is 0 Å². The van der Waals surface area contributed by atoms with Gasteiger partial charge >= 0.3 is 5.97 Å². The number of carbonyl (C=O) groups is 1. The molecule has 0 aromatic rings. The van der Waals surface area contributed by atoms with Crippen LogP contribution in [0.5, 0.6) is 0 Å². The fraction of sp³-hybridized carbons (Fsp3) is 0.875. The second-order valence-corrected chi connectivity index (χ2v) is 4.54. The summed E-state index contributed by atoms with van der Waals surface area (Å²) in [5, 5.41) is 8.28. The Labute approximate surface area is 85.5 Å². The van der Waals surface area contributed by atoms with E-state index < -0.39 is 24.9 Å². The van der Waals surface area contributed by atoms with E-state index in [0.29, 0.717) is 13.1 Å². The molecule has 3 nitrogen and oxygen atoms in total. The van der Waals surface area contributed by atoms with Crippen molar-refractivity contribution in [3.05, 3.63) is 0 Å². The van der Waals surface area contributed by atoms with E-state index in [1.165, 1.54) is 0 Å². The Hall–Kier alpha value is -0.360. The molecule has 1 aliphatic heterocycles. The maximum absolute atomic E-state index is 13.0. The standard InChI is InChI=1S/C8H13F2NO2S/c9-8(10,5-7(12)13)6-11-1-3-14-4-2-11/h1-6H2,(H,12,13). The minimum atomic E-state index is -3.10. The number of halogens is 2. The summed E-state index contributed by atoms with van der Waals surface area (Å²) < 4.78 is 26.1. The van der Waals surface area contributed by atoms with Gasteiger partial charge in [-0.15, -0.1) is 0 Å². The molecule has 0 aromatic heterocycles. The number of alkyl halides is 2. The number of carboxylic acids is 1. The Kier molecular flexibility index (Phi) is 4.12. The Morgan fingerprint density at radius 3 is 2.50 bits per heavy atom. The number of hydrogen-bond acceptors (Lipinski definition) is 3. The van der Waals surface area contributed by atoms with Crippen molar-refractivity contribution in [1.82, 2.24) is 4.90 Å². The average Bonchev–Trinajstić information content (AvgIpc) is 2.02. The molecule has 1 N–H and O–H groups in total. The zero-order chi connectivity index (χ0) is 10.6. The van der Waals surface area contributed by atoms with Gasteiger partial charge in [-0.05, 0) is 0 Å². The van der Waals surface area contributed by atoms with Crippen LogP contribution in [0.15, 0.2) is 0 Å². The molecule has 6 heteroatoms. The normalized spacial score (nSPS) is 19.6. The van der Waals surface area contributed by atoms with Gasteiger partial charge < -0.3 is 5.11 Å². The second-order valence-electron chi connectivity index (χ2n) is 3.31. The molecular weight excluding hydrogens is 212 g/mol. The first-order valence-electron chi connectivity index (χ1n) is 4.39. The topological polar surface area (TPSA) is 40.5 Å². The zero-order valence-electron chi connectivity index (χ0n) is 7.71. The van der Waals surface area contributed by atoms with Gasteiger partial charge in [0.25, 0.3) is 5.92 Å². The van der Waals surface area contributed by atoms with Gasteiger partial charge in [0, 0.05) is 24.6 Å². The maximum atomic E-state index is 13.0. The first kappa shape index (κ1) is 11.7. The van der Waals surface area contributed by atoms with Gasteiger partial charge in [0.15, 0.2) is 0 Å². The minimum Gasteiger partial charge on any atom is -0.481 e. The average molecular weight is 225 g/mol. The van der Waals surface area contributed by atoms with Gasteiger partial charge in [-0.25, -0.2) is 8.78 Å². The highest BCUT2D eigenvalue weighted by atomic mass is 32.2. The fourth-order valence-electron chi connectivity index (χ4n) is 1.36. The van der Waals surface area contributed by atoms with E-state index in [0.717, 1.165) is 11.5 Å². The molecule has 0 aromatic carbocycles. The van der Waals surface area contributed by atoms with Crippen LogP contribution in [0.25, 0.3) is 0 Å². The zero-order valence-corrected chi connectivity index (χ0v) is 8.53. The summed E-state index contributed by atoms with van der Waals surface area (Å²) in [7, 11) is 0. The summed E-state index contributed by atoms with van der Waals surface area (Å²) in [5.41, 5.74) is 0. The highest BCUT2D eigenvalue weighted by Crippen LogP contribution is 2.21. The Bertz CT molecular complexity index is 208. The molecule has 1 heterocycles. The van der Waals surface area contributed by atoms with E-state index in [1.807, 2.05) is 0 Å². The minimum absolute atomic E-state index is 0.431. The first-order valence-corrected chi connectivity index (χ1v) is 5.55. The van der Waals surface area contributed by atoms with Crippen LogP contribution in [0.2, 0.25) is 0 Å². The third kappa shape index (κ3) is 4.23. The number of carboxylic acid groups (broad SMARTS) is 1. The fourth-order valence-corrected chi connectivity index (χ4v) is 2.34. The Morgan fingerprint density at radius 1 is 1.43 bits per heavy atom. The van der Waals surface area contributed by atoms with E-state index in [2.05, 4.69) is 0 Å². The van der Waals surface area contributed by atoms with Crippen molar-refractivity contribution in [2.45, 2.75) is 12.3 Å². The van der Waals surface area contributed by atoms with Crippen molar-refractivity contribution in [1.29, 1.82) is 0 Å². The molecule has 0 bridgehead atoms. The summed E-state index contributed by atoms with van der Waals surface area (Å²) >= 11 is 1.74. The lowest BCUT2D eigenvalue weighted by atomic mass is 10.2. The van der Waals surface area contributed by atoms with Crippen molar-refractivity contribution in [3.63, 3.8) is 0 Å². The molecule has 0 radical (unpaired) electrons. The monoisotopic (exact) mass is 225 g/mol. The second kappa shape index (κ2) is 4.93. The summed E-state index contributed by atoms with van der Waals surface area (Å²) in [6, 6.07) is 0. The molecule has 0 saturated carbocycles. The molecule has 0 spiro atoms. The van der Waals surface area contributed by atoms with Gasteiger partial charge in [-0.1, -0.05) is 0 Å². The molecule has 0 unspecified atom stereocenters. The summed E-state index contributed by atoms with van der Waals surface area (Å²) in [5.74, 6) is -2.85. The number of aliphatic carboxylic acids is 1. The molecule has 1 aliphatic rings. The highest BCUT2D eigenvalue weighted by molar-refractivity contribution is 7.99. The van der Waals surface area contributed by atoms with Gasteiger partial charge in [0.1, 0.15) is 6.42 Å². The number of hydrogen-bond donors (Lipinski definition) is 1. The molecule has 82 valence electrons. The van der Waals surface area contributed by atoms with Crippen molar-refractivity contribution in [2.24, 2.45) is 0 Å². The third-order valence-corrected chi connectivity index (χ3v) is 2.91. The predicted molar refractivity (Wildman–Crippen MR) is 51.0 cm³/mol. The van der Waals surface area contributed by atoms with Crippen LogP contribution in [-0.4, -0.2) is 53.0 Å². The molecule has 0 amide bonds. The lowest BCUT2D eigenvalue weighted by Gasteiger charge is -2.29. The van der Waals surface area contributed by atoms with Gasteiger partial charge in [0.2, 0.25) is 0 Å². The number of rotatable bonds is 4. The van der Waals surface area contributed by atoms with E-state index in [4.69, 9.17) is 5.11 Å². The summed E-state index contributed by atoms with van der Waals surface area (Å²) in [6.45, 7) is 0.819. The Balaban J connectivity index is 2.36. The maximum Gasteiger partial charge on any atom is 0.309 e. The molecule has 14 heavy (non-hydrogen) atoms. The van der Waals surface area contributed by atoms with E-state index >= 15 is 0 Å². The van der Waals surface area contributed by atoms with Crippen molar-refractivity contribution in [2.75, 3.05) is 31.1 Å². The molecule has 0 aliphatic carbocycles. The van der Waals surface area contributed by atoms with Crippen LogP contribution in [-0.2, 0) is 4.79 Å². The van der Waals surface area contributed by atoms with Gasteiger partial charge in [0.05, 0.1) is 6.54 Å². The van der Waals surface area contributed by atoms with Crippen LogP contribution >= 0.6 is 11.8 Å². The predicted octanol–water partition coefficient (Wildman–Crippen LogP) is 1.15. The van der Waals surface area contributed by atoms with Crippen molar-refractivity contribution in [3.8, 4) is 0 Å². The largest absolute Gasteiger partial charge is 0.481 e. The third-order valence-electron chi connectivity index (χ3n) is 1.97. The molecule has 1 saturated heterocycles. The van der Waals surface area contributed by atoms with Crippen molar-refractivity contribution < 1.29 is 18.7 Å². The number of thioether (sulfide) groups is 1. The molecule has 1 rings (SSSR count). The van der Waals surface area contributed by atoms with Crippen LogP contribution in [0, 0.1) is 0 Å². The highest BCUT2D eigenvalue weighted by Gasteiger charge is 2.34. The van der Waals surface area contributed by atoms with Crippen LogP contribution < -0.4 is 0 Å². The lowest BCUT2D eigenvalue weighted by molar-refractivity contribution is -0.146. The van der Waals surface area contributed by atoms with E-state index in [1.54, 1.807) is 16.7 Å². The molecule has 1 fully saturated rings. The molecular formula is C8H13F2NO2S. The van der Waals surface area contributed by atoms with E-state index in [9.17, 15) is 13.6 Å². The Morgan fingerprint density at radius 2 is 2.00 bits per heavy atom. The van der Waals surface area contributed by atoms with Gasteiger partial charge in [-0.2, -0.15) is 11.8 Å². The van der Waals surface area contributed by atoms with Crippen molar-refractivity contribution >= 4 is 17.7 Å². The van der Waals surface area contributed by atoms with E-state index in [-0.39, 0.29) is 0 Å². The molecule has 0 atom stereocenters. The smallest absolute Gasteiger partial charge is 0.309 e.